The van der Waals surface area contributed by atoms with Crippen LogP contribution in [-0.4, -0.2) is 33.5 Å². The van der Waals surface area contributed by atoms with Gasteiger partial charge >= 0.3 is 0 Å². The Bertz CT molecular complexity index is 869. The number of methoxy groups -OCH3 is 2. The fourth-order valence-corrected chi connectivity index (χ4v) is 5.39. The lowest BCUT2D eigenvalue weighted by atomic mass is 10.0. The molecule has 0 radical (unpaired) electrons. The van der Waals surface area contributed by atoms with Gasteiger partial charge in [0.2, 0.25) is 10.0 Å². The Morgan fingerprint density at radius 3 is 2.56 bits per heavy atom. The van der Waals surface area contributed by atoms with Crippen LogP contribution in [0.2, 0.25) is 5.02 Å². The molecule has 0 amide bonds. The van der Waals surface area contributed by atoms with E-state index in [4.69, 9.17) is 21.1 Å². The average Bonchev–Trinajstić information content (AvgIpc) is 3.11. The van der Waals surface area contributed by atoms with E-state index in [1.165, 1.54) is 10.4 Å². The second kappa shape index (κ2) is 7.23. The third-order valence-corrected chi connectivity index (χ3v) is 6.83. The molecule has 3 rings (SSSR count). The number of hydrogen-bond donors (Lipinski definition) is 0. The van der Waals surface area contributed by atoms with Crippen LogP contribution in [0.15, 0.2) is 47.4 Å². The van der Waals surface area contributed by atoms with Crippen LogP contribution in [0.3, 0.4) is 0 Å². The van der Waals surface area contributed by atoms with Gasteiger partial charge in [-0.3, -0.25) is 0 Å². The third-order valence-electron chi connectivity index (χ3n) is 4.42. The zero-order valence-electron chi connectivity index (χ0n) is 14.1. The van der Waals surface area contributed by atoms with Gasteiger partial charge in [0, 0.05) is 12.1 Å². The standard InChI is InChI=1S/C18H20ClNO4S/c1-23-13-9-10-17(24-2)14(12-13)16-7-5-11-20(16)25(21,22)18-8-4-3-6-15(18)19/h3-4,6,8-10,12,16H,5,7,11H2,1-2H3. The number of rotatable bonds is 5. The van der Waals surface area contributed by atoms with Gasteiger partial charge in [-0.1, -0.05) is 23.7 Å². The molecule has 7 heteroatoms. The van der Waals surface area contributed by atoms with Crippen LogP contribution < -0.4 is 9.47 Å². The quantitative estimate of drug-likeness (QED) is 0.788. The molecule has 0 aliphatic carbocycles. The van der Waals surface area contributed by atoms with Gasteiger partial charge in [-0.15, -0.1) is 0 Å². The summed E-state index contributed by atoms with van der Waals surface area (Å²) in [5.74, 6) is 1.31. The van der Waals surface area contributed by atoms with Crippen molar-refractivity contribution in [2.24, 2.45) is 0 Å². The summed E-state index contributed by atoms with van der Waals surface area (Å²) in [4.78, 5) is 0.130. The molecule has 1 fully saturated rings. The molecular weight excluding hydrogens is 362 g/mol. The average molecular weight is 382 g/mol. The molecule has 1 heterocycles. The molecule has 5 nitrogen and oxygen atoms in total. The predicted molar refractivity (Wildman–Crippen MR) is 96.9 cm³/mol. The van der Waals surface area contributed by atoms with Crippen LogP contribution in [0.25, 0.3) is 0 Å². The molecule has 25 heavy (non-hydrogen) atoms. The summed E-state index contributed by atoms with van der Waals surface area (Å²) in [6.07, 6.45) is 1.49. The van der Waals surface area contributed by atoms with E-state index >= 15 is 0 Å². The number of ether oxygens (including phenoxy) is 2. The number of sulfonamides is 1. The number of nitrogens with zero attached hydrogens (tertiary/aromatic N) is 1. The van der Waals surface area contributed by atoms with Gasteiger partial charge in [-0.05, 0) is 43.2 Å². The van der Waals surface area contributed by atoms with Crippen molar-refractivity contribution in [3.8, 4) is 11.5 Å². The maximum atomic E-state index is 13.2. The Morgan fingerprint density at radius 1 is 1.12 bits per heavy atom. The van der Waals surface area contributed by atoms with E-state index in [1.54, 1.807) is 44.6 Å². The Balaban J connectivity index is 2.06. The van der Waals surface area contributed by atoms with Crippen molar-refractivity contribution in [3.05, 3.63) is 53.1 Å². The van der Waals surface area contributed by atoms with Gasteiger partial charge in [-0.2, -0.15) is 4.31 Å². The van der Waals surface area contributed by atoms with Crippen molar-refractivity contribution in [1.29, 1.82) is 0 Å². The monoisotopic (exact) mass is 381 g/mol. The lowest BCUT2D eigenvalue weighted by Gasteiger charge is -2.26. The lowest BCUT2D eigenvalue weighted by Crippen LogP contribution is -2.31. The van der Waals surface area contributed by atoms with Gasteiger partial charge in [0.15, 0.2) is 0 Å². The molecule has 134 valence electrons. The molecule has 1 saturated heterocycles. The highest BCUT2D eigenvalue weighted by molar-refractivity contribution is 7.89. The Labute approximate surface area is 153 Å². The maximum Gasteiger partial charge on any atom is 0.245 e. The maximum absolute atomic E-state index is 13.2. The molecule has 1 aliphatic heterocycles. The molecule has 0 bridgehead atoms. The summed E-state index contributed by atoms with van der Waals surface area (Å²) < 4.78 is 38.6. The first-order valence-corrected chi connectivity index (χ1v) is 9.79. The van der Waals surface area contributed by atoms with Crippen molar-refractivity contribution in [1.82, 2.24) is 4.31 Å². The number of hydrogen-bond acceptors (Lipinski definition) is 4. The largest absolute Gasteiger partial charge is 0.497 e. The van der Waals surface area contributed by atoms with Crippen LogP contribution in [-0.2, 0) is 10.0 Å². The first-order chi connectivity index (χ1) is 12.0. The molecule has 1 unspecified atom stereocenters. The van der Waals surface area contributed by atoms with Crippen molar-refractivity contribution < 1.29 is 17.9 Å². The molecule has 1 aliphatic rings. The smallest absolute Gasteiger partial charge is 0.245 e. The minimum absolute atomic E-state index is 0.130. The molecule has 0 spiro atoms. The van der Waals surface area contributed by atoms with Crippen LogP contribution in [0.5, 0.6) is 11.5 Å². The molecule has 2 aromatic carbocycles. The lowest BCUT2D eigenvalue weighted by molar-refractivity contribution is 0.361. The summed E-state index contributed by atoms with van der Waals surface area (Å²) in [7, 11) is -0.548. The van der Waals surface area contributed by atoms with Crippen LogP contribution in [0.4, 0.5) is 0 Å². The van der Waals surface area contributed by atoms with Gasteiger partial charge in [0.1, 0.15) is 16.4 Å². The van der Waals surface area contributed by atoms with Crippen molar-refractivity contribution in [2.45, 2.75) is 23.8 Å². The Kier molecular flexibility index (Phi) is 5.22. The molecular formula is C18H20ClNO4S. The minimum Gasteiger partial charge on any atom is -0.497 e. The van der Waals surface area contributed by atoms with E-state index in [1.807, 2.05) is 6.07 Å². The molecule has 0 aromatic heterocycles. The van der Waals surface area contributed by atoms with E-state index < -0.39 is 10.0 Å². The van der Waals surface area contributed by atoms with E-state index in [0.29, 0.717) is 24.5 Å². The summed E-state index contributed by atoms with van der Waals surface area (Å²) in [5, 5.41) is 0.228. The zero-order valence-corrected chi connectivity index (χ0v) is 15.7. The highest BCUT2D eigenvalue weighted by Gasteiger charge is 2.38. The first-order valence-electron chi connectivity index (χ1n) is 7.97. The fraction of sp³-hybridized carbons (Fsp3) is 0.333. The van der Waals surface area contributed by atoms with Gasteiger partial charge in [0.25, 0.3) is 0 Å². The molecule has 0 saturated carbocycles. The Hall–Kier alpha value is -1.76. The number of benzene rings is 2. The molecule has 0 N–H and O–H groups in total. The van der Waals surface area contributed by atoms with Crippen molar-refractivity contribution in [3.63, 3.8) is 0 Å². The Morgan fingerprint density at radius 2 is 1.88 bits per heavy atom. The minimum atomic E-state index is -3.71. The highest BCUT2D eigenvalue weighted by atomic mass is 35.5. The zero-order chi connectivity index (χ0) is 18.0. The predicted octanol–water partition coefficient (Wildman–Crippen LogP) is 3.88. The van der Waals surface area contributed by atoms with E-state index in [9.17, 15) is 8.42 Å². The fourth-order valence-electron chi connectivity index (χ4n) is 3.22. The van der Waals surface area contributed by atoms with Gasteiger partial charge in [-0.25, -0.2) is 8.42 Å². The van der Waals surface area contributed by atoms with Crippen molar-refractivity contribution >= 4 is 21.6 Å². The van der Waals surface area contributed by atoms with E-state index in [0.717, 1.165) is 12.0 Å². The second-order valence-corrected chi connectivity index (χ2v) is 8.08. The van der Waals surface area contributed by atoms with Crippen LogP contribution >= 0.6 is 11.6 Å². The van der Waals surface area contributed by atoms with E-state index in [2.05, 4.69) is 0 Å². The van der Waals surface area contributed by atoms with Crippen molar-refractivity contribution in [2.75, 3.05) is 20.8 Å². The topological polar surface area (TPSA) is 55.8 Å². The first kappa shape index (κ1) is 18.0. The van der Waals surface area contributed by atoms with E-state index in [-0.39, 0.29) is 16.0 Å². The normalized spacial score (nSPS) is 18.3. The van der Waals surface area contributed by atoms with Crippen LogP contribution in [0.1, 0.15) is 24.4 Å². The second-order valence-electron chi connectivity index (χ2n) is 5.81. The third kappa shape index (κ3) is 3.34. The van der Waals surface area contributed by atoms with Gasteiger partial charge in [0.05, 0.1) is 25.3 Å². The SMILES string of the molecule is COc1ccc(OC)c(C2CCCN2S(=O)(=O)c2ccccc2Cl)c1. The molecule has 1 atom stereocenters. The highest BCUT2D eigenvalue weighted by Crippen LogP contribution is 2.42. The van der Waals surface area contributed by atoms with Gasteiger partial charge < -0.3 is 9.47 Å². The summed E-state index contributed by atoms with van der Waals surface area (Å²) in [6, 6.07) is 11.6. The van der Waals surface area contributed by atoms with Crippen LogP contribution in [0, 0.1) is 0 Å². The summed E-state index contributed by atoms with van der Waals surface area (Å²) in [5.41, 5.74) is 0.801. The summed E-state index contributed by atoms with van der Waals surface area (Å²) >= 11 is 6.14. The summed E-state index contributed by atoms with van der Waals surface area (Å²) in [6.45, 7) is 0.443. The molecule has 2 aromatic rings. The number of halogens is 1.